The predicted octanol–water partition coefficient (Wildman–Crippen LogP) is 1.10. The van der Waals surface area contributed by atoms with Crippen LogP contribution in [0.4, 0.5) is 5.69 Å². The molecular weight excluding hydrogens is 397 g/mol. The van der Waals surface area contributed by atoms with Crippen LogP contribution in [0.15, 0.2) is 42.5 Å². The Morgan fingerprint density at radius 3 is 2.43 bits per heavy atom. The van der Waals surface area contributed by atoms with Crippen molar-refractivity contribution in [1.29, 1.82) is 0 Å². The summed E-state index contributed by atoms with van der Waals surface area (Å²) in [6.45, 7) is 8.10. The summed E-state index contributed by atoms with van der Waals surface area (Å²) in [5.41, 5.74) is 1.70. The minimum Gasteiger partial charge on any atom is -0.488 e. The molecule has 1 amide bonds. The number of hydrogen-bond donors (Lipinski definition) is 3. The van der Waals surface area contributed by atoms with E-state index in [4.69, 9.17) is 27.9 Å². The molecule has 0 saturated carbocycles. The number of rotatable bonds is 7. The molecule has 1 heterocycles. The van der Waals surface area contributed by atoms with Crippen molar-refractivity contribution in [2.75, 3.05) is 51.2 Å². The van der Waals surface area contributed by atoms with E-state index < -0.39 is 0 Å². The third kappa shape index (κ3) is 6.11. The fraction of sp³-hybridized carbons (Fsp3) is 0.381. The number of halogens is 2. The van der Waals surface area contributed by atoms with Crippen molar-refractivity contribution in [1.82, 2.24) is 0 Å². The molecule has 0 unspecified atom stereocenters. The van der Waals surface area contributed by atoms with E-state index in [0.29, 0.717) is 23.2 Å². The lowest BCUT2D eigenvalue weighted by molar-refractivity contribution is -1.01. The number of quaternary nitrogens is 2. The number of hydrogen-bond acceptors (Lipinski definition) is 2. The molecule has 3 N–H and O–H groups in total. The second-order valence-electron chi connectivity index (χ2n) is 7.19. The van der Waals surface area contributed by atoms with Crippen molar-refractivity contribution < 1.29 is 19.3 Å². The zero-order valence-corrected chi connectivity index (χ0v) is 17.6. The molecule has 1 saturated heterocycles. The van der Waals surface area contributed by atoms with Crippen molar-refractivity contribution in [2.24, 2.45) is 0 Å². The van der Waals surface area contributed by atoms with Crippen LogP contribution in [0.1, 0.15) is 5.56 Å². The minimum absolute atomic E-state index is 0.0369. The van der Waals surface area contributed by atoms with Gasteiger partial charge >= 0.3 is 0 Å². The standard InChI is InChI=1S/C21H25Cl2N3O2/c1-16-19(23)3-2-4-20(16)24-21(27)15-26-11-9-25(10-12-26)13-14-28-18-7-5-17(22)6-8-18/h2-8H,9-15H2,1H3,(H,24,27)/p+2. The van der Waals surface area contributed by atoms with E-state index in [1.54, 1.807) is 0 Å². The van der Waals surface area contributed by atoms with Gasteiger partial charge in [-0.3, -0.25) is 4.79 Å². The summed E-state index contributed by atoms with van der Waals surface area (Å²) in [5.74, 6) is 0.885. The maximum absolute atomic E-state index is 12.4. The fourth-order valence-electron chi connectivity index (χ4n) is 3.39. The monoisotopic (exact) mass is 423 g/mol. The van der Waals surface area contributed by atoms with Crippen molar-refractivity contribution in [3.05, 3.63) is 58.1 Å². The van der Waals surface area contributed by atoms with Gasteiger partial charge in [0, 0.05) is 15.7 Å². The molecule has 0 radical (unpaired) electrons. The van der Waals surface area contributed by atoms with E-state index >= 15 is 0 Å². The molecule has 7 heteroatoms. The van der Waals surface area contributed by atoms with E-state index in [0.717, 1.165) is 49.7 Å². The average Bonchev–Trinajstić information content (AvgIpc) is 2.68. The van der Waals surface area contributed by atoms with E-state index in [9.17, 15) is 4.79 Å². The Bertz CT molecular complexity index is 791. The van der Waals surface area contributed by atoms with Gasteiger partial charge in [0.15, 0.2) is 6.54 Å². The first-order valence-electron chi connectivity index (χ1n) is 9.62. The Kier molecular flexibility index (Phi) is 7.57. The second kappa shape index (κ2) is 10.1. The Hall–Kier alpha value is -1.79. The highest BCUT2D eigenvalue weighted by atomic mass is 35.5. The fourth-order valence-corrected chi connectivity index (χ4v) is 3.69. The van der Waals surface area contributed by atoms with E-state index in [-0.39, 0.29) is 5.91 Å². The number of carbonyl (C=O) groups excluding carboxylic acids is 1. The summed E-state index contributed by atoms with van der Waals surface area (Å²) in [6, 6.07) is 13.0. The number of carbonyl (C=O) groups is 1. The molecule has 0 bridgehead atoms. The SMILES string of the molecule is Cc1c(Cl)cccc1NC(=O)C[NH+]1CC[NH+](CCOc2ccc(Cl)cc2)CC1. The Labute approximate surface area is 176 Å². The number of nitrogens with one attached hydrogen (secondary N) is 3. The lowest BCUT2D eigenvalue weighted by Crippen LogP contribution is -3.28. The number of piperazine rings is 1. The van der Waals surface area contributed by atoms with Crippen LogP contribution in [0.3, 0.4) is 0 Å². The van der Waals surface area contributed by atoms with Crippen molar-refractivity contribution in [3.8, 4) is 5.75 Å². The van der Waals surface area contributed by atoms with Crippen LogP contribution in [0.25, 0.3) is 0 Å². The largest absolute Gasteiger partial charge is 0.488 e. The first kappa shape index (κ1) is 20.9. The lowest BCUT2D eigenvalue weighted by Gasteiger charge is -2.29. The third-order valence-corrected chi connectivity index (χ3v) is 5.82. The molecule has 150 valence electrons. The van der Waals surface area contributed by atoms with Crippen molar-refractivity contribution >= 4 is 34.8 Å². The van der Waals surface area contributed by atoms with Gasteiger partial charge in [0.2, 0.25) is 0 Å². The highest BCUT2D eigenvalue weighted by Gasteiger charge is 2.24. The van der Waals surface area contributed by atoms with E-state index in [2.05, 4.69) is 5.32 Å². The molecular formula is C21H27Cl2N3O2+2. The highest BCUT2D eigenvalue weighted by Crippen LogP contribution is 2.22. The molecule has 1 aliphatic rings. The summed E-state index contributed by atoms with van der Waals surface area (Å²) in [7, 11) is 0. The van der Waals surface area contributed by atoms with Gasteiger partial charge in [0.05, 0.1) is 0 Å². The van der Waals surface area contributed by atoms with Crippen LogP contribution >= 0.6 is 23.2 Å². The maximum Gasteiger partial charge on any atom is 0.279 e. The van der Waals surface area contributed by atoms with Crippen LogP contribution in [-0.2, 0) is 4.79 Å². The van der Waals surface area contributed by atoms with Crippen LogP contribution in [0, 0.1) is 6.92 Å². The van der Waals surface area contributed by atoms with Crippen molar-refractivity contribution in [2.45, 2.75) is 6.92 Å². The quantitative estimate of drug-likeness (QED) is 0.624. The average molecular weight is 424 g/mol. The summed E-state index contributed by atoms with van der Waals surface area (Å²) in [5, 5.41) is 4.37. The summed E-state index contributed by atoms with van der Waals surface area (Å²) in [4.78, 5) is 15.2. The summed E-state index contributed by atoms with van der Waals surface area (Å²) < 4.78 is 5.78. The molecule has 2 aromatic carbocycles. The van der Waals surface area contributed by atoms with E-state index in [1.165, 1.54) is 9.80 Å². The van der Waals surface area contributed by atoms with Gasteiger partial charge < -0.3 is 19.9 Å². The van der Waals surface area contributed by atoms with Gasteiger partial charge in [0.25, 0.3) is 5.91 Å². The summed E-state index contributed by atoms with van der Waals surface area (Å²) in [6.07, 6.45) is 0. The zero-order chi connectivity index (χ0) is 19.9. The molecule has 1 fully saturated rings. The van der Waals surface area contributed by atoms with Crippen LogP contribution in [0.2, 0.25) is 10.0 Å². The third-order valence-electron chi connectivity index (χ3n) is 5.15. The maximum atomic E-state index is 12.4. The molecule has 2 aromatic rings. The van der Waals surface area contributed by atoms with Gasteiger partial charge in [-0.05, 0) is 48.9 Å². The zero-order valence-electron chi connectivity index (χ0n) is 16.1. The highest BCUT2D eigenvalue weighted by molar-refractivity contribution is 6.31. The molecule has 1 aliphatic heterocycles. The molecule has 0 spiro atoms. The van der Waals surface area contributed by atoms with Crippen molar-refractivity contribution in [3.63, 3.8) is 0 Å². The van der Waals surface area contributed by atoms with Gasteiger partial charge in [0.1, 0.15) is 45.1 Å². The van der Waals surface area contributed by atoms with Gasteiger partial charge in [-0.1, -0.05) is 29.3 Å². The Morgan fingerprint density at radius 1 is 1.04 bits per heavy atom. The molecule has 3 rings (SSSR count). The number of benzene rings is 2. The number of amides is 1. The normalized spacial score (nSPS) is 19.2. The minimum atomic E-state index is 0.0369. The Morgan fingerprint density at radius 2 is 1.71 bits per heavy atom. The van der Waals surface area contributed by atoms with Crippen LogP contribution in [0.5, 0.6) is 5.75 Å². The predicted molar refractivity (Wildman–Crippen MR) is 113 cm³/mol. The molecule has 0 aromatic heterocycles. The molecule has 28 heavy (non-hydrogen) atoms. The van der Waals surface area contributed by atoms with Gasteiger partial charge in [-0.25, -0.2) is 0 Å². The van der Waals surface area contributed by atoms with Gasteiger partial charge in [-0.15, -0.1) is 0 Å². The number of anilines is 1. The Balaban J connectivity index is 1.36. The van der Waals surface area contributed by atoms with Crippen LogP contribution < -0.4 is 19.9 Å². The smallest absolute Gasteiger partial charge is 0.279 e. The van der Waals surface area contributed by atoms with Crippen LogP contribution in [-0.4, -0.2) is 51.8 Å². The van der Waals surface area contributed by atoms with Gasteiger partial charge in [-0.2, -0.15) is 0 Å². The molecule has 0 aliphatic carbocycles. The molecule has 5 nitrogen and oxygen atoms in total. The second-order valence-corrected chi connectivity index (χ2v) is 8.03. The first-order chi connectivity index (χ1) is 13.5. The molecule has 0 atom stereocenters. The first-order valence-corrected chi connectivity index (χ1v) is 10.4. The van der Waals surface area contributed by atoms with E-state index in [1.807, 2.05) is 49.4 Å². The number of ether oxygens (including phenoxy) is 1. The summed E-state index contributed by atoms with van der Waals surface area (Å²) >= 11 is 12.0. The lowest BCUT2D eigenvalue weighted by atomic mass is 10.2. The topological polar surface area (TPSA) is 47.2 Å².